The minimum Gasteiger partial charge on any atom is -0.497 e. The van der Waals surface area contributed by atoms with E-state index in [-0.39, 0.29) is 18.2 Å². The molecule has 0 aliphatic carbocycles. The summed E-state index contributed by atoms with van der Waals surface area (Å²) in [6, 6.07) is 15.3. The maximum atomic E-state index is 12.7. The van der Waals surface area contributed by atoms with Crippen LogP contribution in [0, 0.1) is 0 Å². The number of carbonyl (C=O) groups excluding carboxylic acids is 2. The van der Waals surface area contributed by atoms with Crippen LogP contribution in [-0.4, -0.2) is 37.1 Å². The van der Waals surface area contributed by atoms with Crippen LogP contribution in [-0.2, 0) is 16.0 Å². The number of nitrogens with zero attached hydrogens (tertiary/aromatic N) is 2. The van der Waals surface area contributed by atoms with E-state index in [0.717, 1.165) is 40.4 Å². The molecule has 0 saturated heterocycles. The molecule has 0 N–H and O–H groups in total. The molecule has 0 fully saturated rings. The smallest absolute Gasteiger partial charge is 0.358 e. The number of aryl methyl sites for hydroxylation is 1. The Balaban J connectivity index is 1.40. The van der Waals surface area contributed by atoms with E-state index < -0.39 is 5.97 Å². The maximum Gasteiger partial charge on any atom is 0.358 e. The SMILES string of the molecule is COc1ccc2c(c1)CCCN2C(=O)COC(=O)c1csc(-c2ccccc2)n1. The minimum absolute atomic E-state index is 0.213. The highest BCUT2D eigenvalue weighted by Crippen LogP contribution is 2.30. The second-order valence-corrected chi connectivity index (χ2v) is 7.48. The van der Waals surface area contributed by atoms with Crippen molar-refractivity contribution in [2.75, 3.05) is 25.2 Å². The third kappa shape index (κ3) is 4.14. The summed E-state index contributed by atoms with van der Waals surface area (Å²) >= 11 is 1.37. The fourth-order valence-electron chi connectivity index (χ4n) is 3.32. The fourth-order valence-corrected chi connectivity index (χ4v) is 4.11. The van der Waals surface area contributed by atoms with Crippen molar-refractivity contribution in [3.8, 4) is 16.3 Å². The van der Waals surface area contributed by atoms with Crippen molar-refractivity contribution >= 4 is 28.9 Å². The van der Waals surface area contributed by atoms with Gasteiger partial charge in [-0.05, 0) is 36.6 Å². The first-order valence-electron chi connectivity index (χ1n) is 9.31. The molecule has 2 heterocycles. The third-order valence-corrected chi connectivity index (χ3v) is 5.66. The Labute approximate surface area is 172 Å². The molecule has 3 aromatic rings. The topological polar surface area (TPSA) is 68.7 Å². The number of thiazole rings is 1. The first-order valence-corrected chi connectivity index (χ1v) is 10.2. The molecular formula is C22H20N2O4S. The first-order chi connectivity index (χ1) is 14.2. The summed E-state index contributed by atoms with van der Waals surface area (Å²) in [7, 11) is 1.62. The van der Waals surface area contributed by atoms with Crippen molar-refractivity contribution in [3.63, 3.8) is 0 Å². The number of ether oxygens (including phenoxy) is 2. The Morgan fingerprint density at radius 2 is 2.00 bits per heavy atom. The van der Waals surface area contributed by atoms with Gasteiger partial charge >= 0.3 is 5.97 Å². The fraction of sp³-hybridized carbons (Fsp3) is 0.227. The molecule has 1 aliphatic heterocycles. The highest BCUT2D eigenvalue weighted by atomic mass is 32.1. The molecule has 0 spiro atoms. The van der Waals surface area contributed by atoms with Gasteiger partial charge in [-0.3, -0.25) is 4.79 Å². The number of amides is 1. The molecule has 4 rings (SSSR count). The number of anilines is 1. The molecule has 29 heavy (non-hydrogen) atoms. The average molecular weight is 408 g/mol. The zero-order chi connectivity index (χ0) is 20.2. The summed E-state index contributed by atoms with van der Waals surface area (Å²) in [5.74, 6) is -0.0750. The van der Waals surface area contributed by atoms with E-state index in [1.54, 1.807) is 17.4 Å². The molecule has 2 aromatic carbocycles. The standard InChI is InChI=1S/C22H20N2O4S/c1-27-17-9-10-19-16(12-17)8-5-11-24(19)20(25)13-28-22(26)18-14-29-21(23-18)15-6-3-2-4-7-15/h2-4,6-7,9-10,12,14H,5,8,11,13H2,1H3. The van der Waals surface area contributed by atoms with Gasteiger partial charge in [0.2, 0.25) is 0 Å². The summed E-state index contributed by atoms with van der Waals surface area (Å²) in [5.41, 5.74) is 3.05. The molecular weight excluding hydrogens is 388 g/mol. The van der Waals surface area contributed by atoms with E-state index in [9.17, 15) is 9.59 Å². The largest absolute Gasteiger partial charge is 0.497 e. The van der Waals surface area contributed by atoms with E-state index in [1.165, 1.54) is 11.3 Å². The number of fused-ring (bicyclic) bond motifs is 1. The van der Waals surface area contributed by atoms with E-state index in [4.69, 9.17) is 9.47 Å². The zero-order valence-corrected chi connectivity index (χ0v) is 16.8. The van der Waals surface area contributed by atoms with Gasteiger partial charge in [0.1, 0.15) is 10.8 Å². The van der Waals surface area contributed by atoms with Gasteiger partial charge in [0.05, 0.1) is 7.11 Å². The predicted octanol–water partition coefficient (Wildman–Crippen LogP) is 3.95. The van der Waals surface area contributed by atoms with Gasteiger partial charge in [-0.1, -0.05) is 30.3 Å². The number of methoxy groups -OCH3 is 1. The zero-order valence-electron chi connectivity index (χ0n) is 16.0. The van der Waals surface area contributed by atoms with Crippen molar-refractivity contribution in [1.29, 1.82) is 0 Å². The van der Waals surface area contributed by atoms with Crippen LogP contribution in [0.4, 0.5) is 5.69 Å². The summed E-state index contributed by atoms with van der Waals surface area (Å²) in [4.78, 5) is 31.0. The second kappa shape index (κ2) is 8.45. The summed E-state index contributed by atoms with van der Waals surface area (Å²) in [6.07, 6.45) is 1.74. The maximum absolute atomic E-state index is 12.7. The quantitative estimate of drug-likeness (QED) is 0.598. The summed E-state index contributed by atoms with van der Waals surface area (Å²) < 4.78 is 10.5. The van der Waals surface area contributed by atoms with Crippen LogP contribution in [0.5, 0.6) is 5.75 Å². The molecule has 0 radical (unpaired) electrons. The number of esters is 1. The minimum atomic E-state index is -0.594. The predicted molar refractivity (Wildman–Crippen MR) is 112 cm³/mol. The van der Waals surface area contributed by atoms with Gasteiger partial charge in [0.15, 0.2) is 12.3 Å². The lowest BCUT2D eigenvalue weighted by atomic mass is 10.0. The number of benzene rings is 2. The van der Waals surface area contributed by atoms with E-state index in [1.807, 2.05) is 48.5 Å². The van der Waals surface area contributed by atoms with Crippen molar-refractivity contribution in [1.82, 2.24) is 4.98 Å². The van der Waals surface area contributed by atoms with E-state index in [2.05, 4.69) is 4.98 Å². The Bertz CT molecular complexity index is 1030. The van der Waals surface area contributed by atoms with Crippen LogP contribution < -0.4 is 9.64 Å². The Morgan fingerprint density at radius 3 is 2.79 bits per heavy atom. The number of rotatable bonds is 5. The van der Waals surface area contributed by atoms with Crippen molar-refractivity contribution < 1.29 is 19.1 Å². The lowest BCUT2D eigenvalue weighted by Crippen LogP contribution is -2.38. The highest BCUT2D eigenvalue weighted by molar-refractivity contribution is 7.13. The van der Waals surface area contributed by atoms with Gasteiger partial charge in [0.25, 0.3) is 5.91 Å². The summed E-state index contributed by atoms with van der Waals surface area (Å²) in [5, 5.41) is 2.39. The van der Waals surface area contributed by atoms with E-state index in [0.29, 0.717) is 6.54 Å². The lowest BCUT2D eigenvalue weighted by Gasteiger charge is -2.29. The van der Waals surface area contributed by atoms with Crippen LogP contribution in [0.2, 0.25) is 0 Å². The number of aromatic nitrogens is 1. The molecule has 1 aromatic heterocycles. The second-order valence-electron chi connectivity index (χ2n) is 6.62. The summed E-state index contributed by atoms with van der Waals surface area (Å²) in [6.45, 7) is 0.285. The molecule has 1 amide bonds. The normalized spacial score (nSPS) is 12.9. The van der Waals surface area contributed by atoms with Gasteiger partial charge in [0, 0.05) is 23.2 Å². The Hall–Kier alpha value is -3.19. The molecule has 7 heteroatoms. The van der Waals surface area contributed by atoms with Gasteiger partial charge in [-0.15, -0.1) is 11.3 Å². The van der Waals surface area contributed by atoms with Gasteiger partial charge in [-0.2, -0.15) is 0 Å². The lowest BCUT2D eigenvalue weighted by molar-refractivity contribution is -0.121. The first kappa shape index (κ1) is 19.1. The Kier molecular flexibility index (Phi) is 5.57. The molecule has 1 aliphatic rings. The monoisotopic (exact) mass is 408 g/mol. The molecule has 148 valence electrons. The van der Waals surface area contributed by atoms with Crippen molar-refractivity contribution in [2.24, 2.45) is 0 Å². The van der Waals surface area contributed by atoms with Gasteiger partial charge in [-0.25, -0.2) is 9.78 Å². The number of hydrogen-bond acceptors (Lipinski definition) is 6. The molecule has 0 atom stereocenters. The van der Waals surface area contributed by atoms with Crippen LogP contribution >= 0.6 is 11.3 Å². The van der Waals surface area contributed by atoms with Crippen molar-refractivity contribution in [2.45, 2.75) is 12.8 Å². The molecule has 0 bridgehead atoms. The van der Waals surface area contributed by atoms with Crippen LogP contribution in [0.25, 0.3) is 10.6 Å². The van der Waals surface area contributed by atoms with Crippen LogP contribution in [0.1, 0.15) is 22.5 Å². The molecule has 6 nitrogen and oxygen atoms in total. The number of hydrogen-bond donors (Lipinski definition) is 0. The third-order valence-electron chi connectivity index (χ3n) is 4.77. The van der Waals surface area contributed by atoms with E-state index >= 15 is 0 Å². The molecule has 0 saturated carbocycles. The van der Waals surface area contributed by atoms with Gasteiger partial charge < -0.3 is 14.4 Å². The average Bonchev–Trinajstić information content (AvgIpc) is 3.27. The highest BCUT2D eigenvalue weighted by Gasteiger charge is 2.24. The van der Waals surface area contributed by atoms with Crippen LogP contribution in [0.3, 0.4) is 0 Å². The van der Waals surface area contributed by atoms with Crippen molar-refractivity contribution in [3.05, 3.63) is 65.2 Å². The Morgan fingerprint density at radius 1 is 1.17 bits per heavy atom. The molecule has 0 unspecified atom stereocenters. The number of carbonyl (C=O) groups is 2. The van der Waals surface area contributed by atoms with Crippen LogP contribution in [0.15, 0.2) is 53.9 Å².